The quantitative estimate of drug-likeness (QED) is 0.370. The first-order chi connectivity index (χ1) is 9.56. The van der Waals surface area contributed by atoms with Crippen molar-refractivity contribution in [1.82, 2.24) is 0 Å². The number of benzene rings is 1. The van der Waals surface area contributed by atoms with Crippen LogP contribution >= 0.6 is 0 Å². The minimum atomic E-state index is -0.325. The molecule has 6 nitrogen and oxygen atoms in total. The lowest BCUT2D eigenvalue weighted by atomic mass is 10.2. The SMILES string of the molecule is COc1ccc(C#C/C(C=N)=C/N=C(N)C(=N)N)cc1. The van der Waals surface area contributed by atoms with Crippen LogP contribution in [0.1, 0.15) is 5.56 Å². The van der Waals surface area contributed by atoms with E-state index in [1.165, 1.54) is 6.20 Å². The highest BCUT2D eigenvalue weighted by Gasteiger charge is 1.93. The van der Waals surface area contributed by atoms with Gasteiger partial charge in [-0.2, -0.15) is 0 Å². The zero-order chi connectivity index (χ0) is 15.0. The number of hydrogen-bond donors (Lipinski definition) is 4. The van der Waals surface area contributed by atoms with Crippen LogP contribution in [0.25, 0.3) is 0 Å². The molecular weight excluding hydrogens is 254 g/mol. The van der Waals surface area contributed by atoms with Crippen LogP contribution in [0.15, 0.2) is 41.0 Å². The first kappa shape index (κ1) is 15.0. The molecule has 0 aliphatic carbocycles. The van der Waals surface area contributed by atoms with E-state index in [1.807, 2.05) is 0 Å². The van der Waals surface area contributed by atoms with Crippen molar-refractivity contribution in [3.63, 3.8) is 0 Å². The van der Waals surface area contributed by atoms with E-state index in [0.29, 0.717) is 5.57 Å². The Morgan fingerprint density at radius 3 is 2.45 bits per heavy atom. The Morgan fingerprint density at radius 2 is 1.95 bits per heavy atom. The summed E-state index contributed by atoms with van der Waals surface area (Å²) in [6.45, 7) is 0. The van der Waals surface area contributed by atoms with Gasteiger partial charge in [0.2, 0.25) is 0 Å². The van der Waals surface area contributed by atoms with Crippen molar-refractivity contribution in [2.75, 3.05) is 7.11 Å². The zero-order valence-corrected chi connectivity index (χ0v) is 11.0. The number of rotatable bonds is 3. The molecule has 20 heavy (non-hydrogen) atoms. The third-order valence-corrected chi connectivity index (χ3v) is 2.22. The Hall–Kier alpha value is -3.07. The number of allylic oxidation sites excluding steroid dienone is 1. The van der Waals surface area contributed by atoms with Crippen LogP contribution in [0.3, 0.4) is 0 Å². The summed E-state index contributed by atoms with van der Waals surface area (Å²) in [4.78, 5) is 3.74. The van der Waals surface area contributed by atoms with Crippen LogP contribution in [-0.4, -0.2) is 25.0 Å². The molecular formula is C14H15N5O. The van der Waals surface area contributed by atoms with Gasteiger partial charge in [0.15, 0.2) is 11.7 Å². The number of nitrogens with two attached hydrogens (primary N) is 2. The molecule has 0 saturated carbocycles. The molecule has 0 unspecified atom stereocenters. The lowest BCUT2D eigenvalue weighted by molar-refractivity contribution is 0.415. The molecule has 0 aromatic heterocycles. The van der Waals surface area contributed by atoms with Crippen molar-refractivity contribution in [2.24, 2.45) is 16.5 Å². The lowest BCUT2D eigenvalue weighted by Gasteiger charge is -1.97. The Balaban J connectivity index is 2.91. The molecule has 0 aliphatic heterocycles. The van der Waals surface area contributed by atoms with Gasteiger partial charge in [-0.05, 0) is 24.3 Å². The number of aliphatic imine (C=N–C) groups is 1. The van der Waals surface area contributed by atoms with Crippen LogP contribution in [0.5, 0.6) is 5.75 Å². The number of amidine groups is 2. The minimum absolute atomic E-state index is 0.115. The molecule has 0 atom stereocenters. The Labute approximate surface area is 117 Å². The molecule has 1 aromatic carbocycles. The number of nitrogens with one attached hydrogen (secondary N) is 2. The molecule has 0 radical (unpaired) electrons. The average molecular weight is 269 g/mol. The first-order valence-electron chi connectivity index (χ1n) is 5.61. The van der Waals surface area contributed by atoms with E-state index >= 15 is 0 Å². The predicted molar refractivity (Wildman–Crippen MR) is 80.3 cm³/mol. The summed E-state index contributed by atoms with van der Waals surface area (Å²) in [5.41, 5.74) is 11.7. The molecule has 0 amide bonds. The molecule has 0 aliphatic rings. The van der Waals surface area contributed by atoms with Gasteiger partial charge < -0.3 is 21.6 Å². The van der Waals surface area contributed by atoms with Crippen molar-refractivity contribution in [2.45, 2.75) is 0 Å². The summed E-state index contributed by atoms with van der Waals surface area (Å²) in [5, 5.41) is 14.3. The van der Waals surface area contributed by atoms with E-state index < -0.39 is 0 Å². The van der Waals surface area contributed by atoms with Crippen LogP contribution in [0, 0.1) is 22.7 Å². The molecule has 0 fully saturated rings. The van der Waals surface area contributed by atoms with Crippen LogP contribution in [0.2, 0.25) is 0 Å². The van der Waals surface area contributed by atoms with E-state index in [0.717, 1.165) is 17.5 Å². The van der Waals surface area contributed by atoms with E-state index in [-0.39, 0.29) is 11.7 Å². The van der Waals surface area contributed by atoms with Crippen molar-refractivity contribution >= 4 is 17.9 Å². The van der Waals surface area contributed by atoms with Crippen LogP contribution in [0.4, 0.5) is 0 Å². The van der Waals surface area contributed by atoms with Crippen molar-refractivity contribution < 1.29 is 4.74 Å². The van der Waals surface area contributed by atoms with Crippen LogP contribution < -0.4 is 16.2 Å². The fourth-order valence-electron chi connectivity index (χ4n) is 1.13. The number of nitrogens with zero attached hydrogens (tertiary/aromatic N) is 1. The average Bonchev–Trinajstić information content (AvgIpc) is 2.47. The lowest BCUT2D eigenvalue weighted by Crippen LogP contribution is -2.29. The highest BCUT2D eigenvalue weighted by Crippen LogP contribution is 2.10. The van der Waals surface area contributed by atoms with Crippen LogP contribution in [-0.2, 0) is 0 Å². The van der Waals surface area contributed by atoms with Gasteiger partial charge in [-0.1, -0.05) is 11.8 Å². The van der Waals surface area contributed by atoms with E-state index in [4.69, 9.17) is 27.0 Å². The number of methoxy groups -OCH3 is 1. The van der Waals surface area contributed by atoms with Gasteiger partial charge in [-0.3, -0.25) is 5.41 Å². The second-order valence-corrected chi connectivity index (χ2v) is 3.64. The fourth-order valence-corrected chi connectivity index (χ4v) is 1.13. The molecule has 1 rings (SSSR count). The van der Waals surface area contributed by atoms with E-state index in [2.05, 4.69) is 16.8 Å². The maximum atomic E-state index is 7.23. The third-order valence-electron chi connectivity index (χ3n) is 2.22. The molecule has 0 bridgehead atoms. The van der Waals surface area contributed by atoms with Gasteiger partial charge >= 0.3 is 0 Å². The predicted octanol–water partition coefficient (Wildman–Crippen LogP) is 0.873. The maximum absolute atomic E-state index is 7.23. The van der Waals surface area contributed by atoms with Gasteiger partial charge in [-0.25, -0.2) is 4.99 Å². The smallest absolute Gasteiger partial charge is 0.165 e. The molecule has 6 N–H and O–H groups in total. The van der Waals surface area contributed by atoms with E-state index in [9.17, 15) is 0 Å². The van der Waals surface area contributed by atoms with Crippen molar-refractivity contribution in [3.8, 4) is 17.6 Å². The number of hydrogen-bond acceptors (Lipinski definition) is 4. The van der Waals surface area contributed by atoms with E-state index in [1.54, 1.807) is 31.4 Å². The Morgan fingerprint density at radius 1 is 1.30 bits per heavy atom. The first-order valence-corrected chi connectivity index (χ1v) is 5.61. The highest BCUT2D eigenvalue weighted by atomic mass is 16.5. The van der Waals surface area contributed by atoms with Gasteiger partial charge in [0.25, 0.3) is 0 Å². The summed E-state index contributed by atoms with van der Waals surface area (Å²) < 4.78 is 5.04. The summed E-state index contributed by atoms with van der Waals surface area (Å²) in [6, 6.07) is 7.20. The van der Waals surface area contributed by atoms with Gasteiger partial charge in [-0.15, -0.1) is 0 Å². The summed E-state index contributed by atoms with van der Waals surface area (Å²) in [5.74, 6) is 5.96. The Kier molecular flexibility index (Phi) is 5.53. The monoisotopic (exact) mass is 269 g/mol. The van der Waals surface area contributed by atoms with Crippen molar-refractivity contribution in [1.29, 1.82) is 10.8 Å². The summed E-state index contributed by atoms with van der Waals surface area (Å²) in [6.07, 6.45) is 2.34. The Bertz CT molecular complexity index is 617. The molecule has 0 heterocycles. The molecule has 102 valence electrons. The van der Waals surface area contributed by atoms with Gasteiger partial charge in [0, 0.05) is 18.0 Å². The molecule has 1 aromatic rings. The molecule has 0 spiro atoms. The fraction of sp³-hybridized carbons (Fsp3) is 0.0714. The van der Waals surface area contributed by atoms with Crippen molar-refractivity contribution in [3.05, 3.63) is 41.6 Å². The minimum Gasteiger partial charge on any atom is -0.497 e. The highest BCUT2D eigenvalue weighted by molar-refractivity contribution is 6.38. The largest absolute Gasteiger partial charge is 0.497 e. The second kappa shape index (κ2) is 7.38. The van der Waals surface area contributed by atoms with Gasteiger partial charge in [0.1, 0.15) is 5.75 Å². The summed E-state index contributed by atoms with van der Waals surface area (Å²) >= 11 is 0. The zero-order valence-electron chi connectivity index (χ0n) is 11.0. The second-order valence-electron chi connectivity index (χ2n) is 3.64. The summed E-state index contributed by atoms with van der Waals surface area (Å²) in [7, 11) is 1.59. The topological polar surface area (TPSA) is 121 Å². The standard InChI is InChI=1S/C14H15N5O/c1-20-12-6-4-10(5-7-12)2-3-11(8-15)9-19-14(18)13(16)17/h4-9,15H,1H3,(H3,16,17)(H2,18,19)/b11-9-,15-8?. The van der Waals surface area contributed by atoms with Gasteiger partial charge in [0.05, 0.1) is 12.7 Å². The normalized spacial score (nSPS) is 11.2. The maximum Gasteiger partial charge on any atom is 0.165 e. The molecule has 0 saturated heterocycles. The molecule has 6 heteroatoms. The third kappa shape index (κ3) is 4.66. The number of ether oxygens (including phenoxy) is 1.